The number of hydrogen-bond acceptors (Lipinski definition) is 6. The molecule has 1 amide bonds. The van der Waals surface area contributed by atoms with Gasteiger partial charge >= 0.3 is 5.97 Å². The van der Waals surface area contributed by atoms with Crippen molar-refractivity contribution in [3.63, 3.8) is 0 Å². The van der Waals surface area contributed by atoms with Gasteiger partial charge in [-0.15, -0.1) is 11.3 Å². The van der Waals surface area contributed by atoms with E-state index in [0.29, 0.717) is 22.5 Å². The first kappa shape index (κ1) is 15.2. The van der Waals surface area contributed by atoms with Crippen molar-refractivity contribution in [2.45, 2.75) is 38.4 Å². The number of nitrogens with zero attached hydrogens (tertiary/aromatic N) is 1. The molecule has 2 aliphatic rings. The Labute approximate surface area is 132 Å². The topological polar surface area (TPSA) is 77.5 Å². The molecule has 2 saturated heterocycles. The summed E-state index contributed by atoms with van der Waals surface area (Å²) in [5.74, 6) is -0.382. The van der Waals surface area contributed by atoms with Gasteiger partial charge in [-0.1, -0.05) is 6.08 Å². The van der Waals surface area contributed by atoms with E-state index in [0.717, 1.165) is 19.3 Å². The SMILES string of the molecule is COC(=O)/C(=C\C1CC2CCC1O2)c1csc(NC(C)=O)n1. The molecule has 3 unspecified atom stereocenters. The van der Waals surface area contributed by atoms with Crippen LogP contribution in [0.2, 0.25) is 0 Å². The van der Waals surface area contributed by atoms with E-state index in [-0.39, 0.29) is 17.9 Å². The van der Waals surface area contributed by atoms with Crippen molar-refractivity contribution in [3.05, 3.63) is 17.2 Å². The number of esters is 1. The van der Waals surface area contributed by atoms with Crippen LogP contribution in [0.5, 0.6) is 0 Å². The fourth-order valence-electron chi connectivity index (χ4n) is 3.04. The van der Waals surface area contributed by atoms with Crippen LogP contribution in [0, 0.1) is 5.92 Å². The number of nitrogens with one attached hydrogen (secondary N) is 1. The highest BCUT2D eigenvalue weighted by Gasteiger charge is 2.40. The van der Waals surface area contributed by atoms with Crippen molar-refractivity contribution < 1.29 is 19.1 Å². The fourth-order valence-corrected chi connectivity index (χ4v) is 3.80. The summed E-state index contributed by atoms with van der Waals surface area (Å²) in [5, 5.41) is 4.85. The predicted molar refractivity (Wildman–Crippen MR) is 82.4 cm³/mol. The number of hydrogen-bond donors (Lipinski definition) is 1. The van der Waals surface area contributed by atoms with Gasteiger partial charge in [0.1, 0.15) is 0 Å². The zero-order chi connectivity index (χ0) is 15.7. The Morgan fingerprint density at radius 3 is 2.91 bits per heavy atom. The maximum absolute atomic E-state index is 12.1. The fraction of sp³-hybridized carbons (Fsp3) is 0.533. The molecule has 3 atom stereocenters. The van der Waals surface area contributed by atoms with Crippen LogP contribution < -0.4 is 5.32 Å². The number of methoxy groups -OCH3 is 1. The molecule has 0 aliphatic carbocycles. The highest BCUT2D eigenvalue weighted by molar-refractivity contribution is 7.14. The summed E-state index contributed by atoms with van der Waals surface area (Å²) in [6.07, 6.45) is 5.50. The largest absolute Gasteiger partial charge is 0.465 e. The molecule has 6 nitrogen and oxygen atoms in total. The predicted octanol–water partition coefficient (Wildman–Crippen LogP) is 2.23. The summed E-state index contributed by atoms with van der Waals surface area (Å²) < 4.78 is 10.7. The molecule has 1 N–H and O–H groups in total. The summed E-state index contributed by atoms with van der Waals surface area (Å²) in [6.45, 7) is 1.42. The molecule has 1 aromatic rings. The van der Waals surface area contributed by atoms with Crippen molar-refractivity contribution in [1.29, 1.82) is 0 Å². The van der Waals surface area contributed by atoms with Crippen LogP contribution in [-0.2, 0) is 19.1 Å². The third-order valence-corrected chi connectivity index (χ3v) is 4.76. The van der Waals surface area contributed by atoms with E-state index >= 15 is 0 Å². The normalized spacial score (nSPS) is 27.0. The Hall–Kier alpha value is -1.73. The number of rotatable bonds is 4. The van der Waals surface area contributed by atoms with Gasteiger partial charge < -0.3 is 14.8 Å². The Bertz CT molecular complexity index is 625. The van der Waals surface area contributed by atoms with Crippen LogP contribution in [0.25, 0.3) is 5.57 Å². The van der Waals surface area contributed by atoms with E-state index in [4.69, 9.17) is 9.47 Å². The molecule has 118 valence electrons. The highest BCUT2D eigenvalue weighted by atomic mass is 32.1. The van der Waals surface area contributed by atoms with E-state index in [1.807, 2.05) is 6.08 Å². The lowest BCUT2D eigenvalue weighted by atomic mass is 9.87. The van der Waals surface area contributed by atoms with Gasteiger partial charge in [-0.2, -0.15) is 0 Å². The van der Waals surface area contributed by atoms with E-state index < -0.39 is 5.97 Å². The van der Waals surface area contributed by atoms with Crippen molar-refractivity contribution in [3.8, 4) is 0 Å². The highest BCUT2D eigenvalue weighted by Crippen LogP contribution is 2.40. The molecule has 0 saturated carbocycles. The molecule has 2 aliphatic heterocycles. The first-order valence-electron chi connectivity index (χ1n) is 7.26. The Kier molecular flexibility index (Phi) is 4.26. The second-order valence-corrected chi connectivity index (χ2v) is 6.42. The van der Waals surface area contributed by atoms with Crippen LogP contribution >= 0.6 is 11.3 Å². The molecule has 3 rings (SSSR count). The Morgan fingerprint density at radius 2 is 2.32 bits per heavy atom. The zero-order valence-corrected chi connectivity index (χ0v) is 13.3. The minimum atomic E-state index is -0.414. The van der Waals surface area contributed by atoms with E-state index in [2.05, 4.69) is 10.3 Å². The summed E-state index contributed by atoms with van der Waals surface area (Å²) in [5.41, 5.74) is 0.972. The molecule has 22 heavy (non-hydrogen) atoms. The standard InChI is InChI=1S/C15H18N2O4S/c1-8(18)16-15-17-12(7-22-15)11(14(19)20-2)6-9-5-10-3-4-13(9)21-10/h6-7,9-10,13H,3-5H2,1-2H3,(H,16,17,18)/b11-6-. The number of amides is 1. The van der Waals surface area contributed by atoms with Gasteiger partial charge in [0.2, 0.25) is 5.91 Å². The third-order valence-electron chi connectivity index (χ3n) is 4.00. The van der Waals surface area contributed by atoms with Crippen molar-refractivity contribution >= 4 is 33.9 Å². The summed E-state index contributed by atoms with van der Waals surface area (Å²) >= 11 is 1.28. The molecule has 7 heteroatoms. The summed E-state index contributed by atoms with van der Waals surface area (Å²) in [4.78, 5) is 27.5. The maximum Gasteiger partial charge on any atom is 0.339 e. The maximum atomic E-state index is 12.1. The van der Waals surface area contributed by atoms with Gasteiger partial charge in [-0.3, -0.25) is 4.79 Å². The van der Waals surface area contributed by atoms with Crippen LogP contribution in [0.1, 0.15) is 31.9 Å². The van der Waals surface area contributed by atoms with Crippen LogP contribution in [0.3, 0.4) is 0 Å². The number of carbonyl (C=O) groups excluding carboxylic acids is 2. The molecule has 3 heterocycles. The third kappa shape index (κ3) is 3.05. The van der Waals surface area contributed by atoms with E-state index in [9.17, 15) is 9.59 Å². The van der Waals surface area contributed by atoms with Crippen LogP contribution in [0.4, 0.5) is 5.13 Å². The summed E-state index contributed by atoms with van der Waals surface area (Å²) in [7, 11) is 1.36. The van der Waals surface area contributed by atoms with Gasteiger partial charge in [0.05, 0.1) is 30.6 Å². The first-order valence-corrected chi connectivity index (χ1v) is 8.14. The Balaban J connectivity index is 1.85. The van der Waals surface area contributed by atoms with Crippen molar-refractivity contribution in [2.75, 3.05) is 12.4 Å². The van der Waals surface area contributed by atoms with Crippen molar-refractivity contribution in [1.82, 2.24) is 4.98 Å². The molecule has 0 aromatic carbocycles. The van der Waals surface area contributed by atoms with Crippen LogP contribution in [0.15, 0.2) is 11.5 Å². The van der Waals surface area contributed by atoms with Gasteiger partial charge in [-0.05, 0) is 19.3 Å². The van der Waals surface area contributed by atoms with Crippen LogP contribution in [-0.4, -0.2) is 36.2 Å². The minimum absolute atomic E-state index is 0.189. The Morgan fingerprint density at radius 1 is 1.50 bits per heavy atom. The van der Waals surface area contributed by atoms with E-state index in [1.165, 1.54) is 25.4 Å². The first-order chi connectivity index (χ1) is 10.6. The monoisotopic (exact) mass is 322 g/mol. The molecule has 1 aromatic heterocycles. The van der Waals surface area contributed by atoms with Gasteiger partial charge in [0.15, 0.2) is 5.13 Å². The molecule has 2 bridgehead atoms. The molecule has 0 spiro atoms. The molecular weight excluding hydrogens is 304 g/mol. The number of carbonyl (C=O) groups is 2. The number of ether oxygens (including phenoxy) is 2. The molecular formula is C15H18N2O4S. The van der Waals surface area contributed by atoms with Gasteiger partial charge in [0.25, 0.3) is 0 Å². The molecule has 2 fully saturated rings. The zero-order valence-electron chi connectivity index (χ0n) is 12.5. The quantitative estimate of drug-likeness (QED) is 0.679. The van der Waals surface area contributed by atoms with Gasteiger partial charge in [-0.25, -0.2) is 9.78 Å². The average Bonchev–Trinajstić information content (AvgIpc) is 3.19. The number of thiazole rings is 1. The second-order valence-electron chi connectivity index (χ2n) is 5.56. The smallest absolute Gasteiger partial charge is 0.339 e. The number of aromatic nitrogens is 1. The lowest BCUT2D eigenvalue weighted by Gasteiger charge is -2.15. The summed E-state index contributed by atoms with van der Waals surface area (Å²) in [6, 6.07) is 0. The van der Waals surface area contributed by atoms with Gasteiger partial charge in [0, 0.05) is 18.2 Å². The minimum Gasteiger partial charge on any atom is -0.465 e. The lowest BCUT2D eigenvalue weighted by molar-refractivity contribution is -0.133. The number of anilines is 1. The average molecular weight is 322 g/mol. The van der Waals surface area contributed by atoms with E-state index in [1.54, 1.807) is 5.38 Å². The number of fused-ring (bicyclic) bond motifs is 2. The second kappa shape index (κ2) is 6.18. The molecule has 0 radical (unpaired) electrons. The lowest BCUT2D eigenvalue weighted by Crippen LogP contribution is -2.16. The van der Waals surface area contributed by atoms with Crippen molar-refractivity contribution in [2.24, 2.45) is 5.92 Å².